The van der Waals surface area contributed by atoms with Crippen molar-refractivity contribution >= 4 is 22.4 Å². The predicted octanol–water partition coefficient (Wildman–Crippen LogP) is 1.62. The maximum absolute atomic E-state index is 12.5. The molecule has 7 heteroatoms. The molecule has 0 saturated heterocycles. The molecule has 2 aromatic rings. The molecule has 1 heterocycles. The van der Waals surface area contributed by atoms with E-state index in [1.807, 2.05) is 6.07 Å². The van der Waals surface area contributed by atoms with Gasteiger partial charge in [-0.05, 0) is 12.5 Å². The second-order valence-electron chi connectivity index (χ2n) is 4.71. The van der Waals surface area contributed by atoms with Crippen LogP contribution >= 0.6 is 11.6 Å². The third kappa shape index (κ3) is 3.33. The van der Waals surface area contributed by atoms with Gasteiger partial charge in [0, 0.05) is 28.9 Å². The van der Waals surface area contributed by atoms with Crippen LogP contribution in [0.3, 0.4) is 0 Å². The Bertz CT molecular complexity index is 783. The Labute approximate surface area is 129 Å². The molecule has 0 fully saturated rings. The number of aromatic nitrogens is 2. The largest absolute Gasteiger partial charge is 0.329 e. The fraction of sp³-hybridized carbons (Fsp3) is 0.286. The molecule has 0 saturated carbocycles. The molecule has 0 bridgehead atoms. The average Bonchev–Trinajstić information content (AvgIpc) is 2.44. The molecule has 112 valence electrons. The van der Waals surface area contributed by atoms with Gasteiger partial charge in [-0.2, -0.15) is 0 Å². The highest BCUT2D eigenvalue weighted by Gasteiger charge is 2.17. The van der Waals surface area contributed by atoms with Crippen molar-refractivity contribution in [3.8, 4) is 11.1 Å². The van der Waals surface area contributed by atoms with E-state index in [2.05, 4.69) is 4.98 Å². The Morgan fingerprint density at radius 2 is 1.90 bits per heavy atom. The Kier molecular flexibility index (Phi) is 4.80. The second-order valence-corrected chi connectivity index (χ2v) is 6.89. The van der Waals surface area contributed by atoms with E-state index < -0.39 is 22.0 Å². The van der Waals surface area contributed by atoms with Crippen molar-refractivity contribution in [2.24, 2.45) is 0 Å². The summed E-state index contributed by atoms with van der Waals surface area (Å²) in [4.78, 5) is 26.9. The molecule has 2 atom stereocenters. The zero-order chi connectivity index (χ0) is 15.6. The van der Waals surface area contributed by atoms with Gasteiger partial charge in [0.2, 0.25) is 0 Å². The molecule has 0 aliphatic carbocycles. The molecule has 0 radical (unpaired) electrons. The van der Waals surface area contributed by atoms with Gasteiger partial charge in [0.1, 0.15) is 5.15 Å². The van der Waals surface area contributed by atoms with Gasteiger partial charge >= 0.3 is 5.69 Å². The summed E-state index contributed by atoms with van der Waals surface area (Å²) in [5.74, 6) is 0. The van der Waals surface area contributed by atoms with Crippen LogP contribution in [0.2, 0.25) is 5.15 Å². The summed E-state index contributed by atoms with van der Waals surface area (Å²) in [5, 5.41) is -0.300. The van der Waals surface area contributed by atoms with E-state index >= 15 is 0 Å². The molecule has 2 rings (SSSR count). The first-order valence-corrected chi connectivity index (χ1v) is 8.32. The Morgan fingerprint density at radius 3 is 2.48 bits per heavy atom. The van der Waals surface area contributed by atoms with Crippen LogP contribution in [0.5, 0.6) is 0 Å². The van der Waals surface area contributed by atoms with Crippen LogP contribution in [0.25, 0.3) is 11.1 Å². The van der Waals surface area contributed by atoms with E-state index in [1.54, 1.807) is 31.2 Å². The number of aromatic amines is 1. The van der Waals surface area contributed by atoms with Gasteiger partial charge in [-0.25, -0.2) is 4.79 Å². The molecule has 2 unspecified atom stereocenters. The summed E-state index contributed by atoms with van der Waals surface area (Å²) < 4.78 is 12.5. The lowest BCUT2D eigenvalue weighted by Gasteiger charge is -2.12. The quantitative estimate of drug-likeness (QED) is 0.868. The van der Waals surface area contributed by atoms with Crippen molar-refractivity contribution in [2.45, 2.75) is 18.7 Å². The van der Waals surface area contributed by atoms with E-state index in [0.717, 1.165) is 4.57 Å². The van der Waals surface area contributed by atoms with Crippen molar-refractivity contribution in [1.29, 1.82) is 0 Å². The maximum atomic E-state index is 12.5. The lowest BCUT2D eigenvalue weighted by molar-refractivity contribution is 0.606. The first kappa shape index (κ1) is 15.7. The summed E-state index contributed by atoms with van der Waals surface area (Å²) in [5.41, 5.74) is -0.206. The number of hydrogen-bond acceptors (Lipinski definition) is 3. The molecule has 0 spiro atoms. The SMILES string of the molecule is CC(Cn1c(=O)[nH]c(Cl)c(-c2ccccc2)c1=O)S(C)=O. The fourth-order valence-corrected chi connectivity index (χ4v) is 2.56. The average molecular weight is 327 g/mol. The first-order chi connectivity index (χ1) is 9.91. The van der Waals surface area contributed by atoms with Crippen LogP contribution in [0.4, 0.5) is 0 Å². The zero-order valence-corrected chi connectivity index (χ0v) is 13.2. The van der Waals surface area contributed by atoms with E-state index in [1.165, 1.54) is 6.26 Å². The van der Waals surface area contributed by atoms with E-state index in [4.69, 9.17) is 11.6 Å². The monoisotopic (exact) mass is 326 g/mol. The molecule has 0 aliphatic rings. The highest BCUT2D eigenvalue weighted by Crippen LogP contribution is 2.20. The smallest absolute Gasteiger partial charge is 0.297 e. The zero-order valence-electron chi connectivity index (χ0n) is 11.6. The lowest BCUT2D eigenvalue weighted by atomic mass is 10.1. The Morgan fingerprint density at radius 1 is 1.29 bits per heavy atom. The number of benzene rings is 1. The van der Waals surface area contributed by atoms with Crippen LogP contribution in [0.1, 0.15) is 6.92 Å². The minimum atomic E-state index is -1.13. The number of rotatable bonds is 4. The number of halogens is 1. The van der Waals surface area contributed by atoms with Gasteiger partial charge < -0.3 is 0 Å². The van der Waals surface area contributed by atoms with E-state index in [9.17, 15) is 13.8 Å². The molecule has 1 aromatic carbocycles. The minimum Gasteiger partial charge on any atom is -0.297 e. The molecule has 1 aromatic heterocycles. The summed E-state index contributed by atoms with van der Waals surface area (Å²) in [6, 6.07) is 8.87. The van der Waals surface area contributed by atoms with Crippen LogP contribution in [0.15, 0.2) is 39.9 Å². The highest BCUT2D eigenvalue weighted by molar-refractivity contribution is 7.84. The molecule has 0 amide bonds. The maximum Gasteiger partial charge on any atom is 0.329 e. The van der Waals surface area contributed by atoms with Gasteiger partial charge in [-0.3, -0.25) is 18.6 Å². The van der Waals surface area contributed by atoms with Gasteiger partial charge in [-0.15, -0.1) is 0 Å². The number of nitrogens with zero attached hydrogens (tertiary/aromatic N) is 1. The van der Waals surface area contributed by atoms with Gasteiger partial charge in [0.05, 0.1) is 5.56 Å². The standard InChI is InChI=1S/C14H15ClN2O3S/c1-9(21(2)20)8-17-13(18)11(12(15)16-14(17)19)10-6-4-3-5-7-10/h3-7,9H,8H2,1-2H3,(H,16,19). The van der Waals surface area contributed by atoms with Crippen LogP contribution in [-0.2, 0) is 17.3 Å². The third-order valence-electron chi connectivity index (χ3n) is 3.21. The van der Waals surface area contributed by atoms with Gasteiger partial charge in [0.25, 0.3) is 5.56 Å². The van der Waals surface area contributed by atoms with Crippen molar-refractivity contribution in [3.05, 3.63) is 56.3 Å². The normalized spacial score (nSPS) is 13.9. The topological polar surface area (TPSA) is 71.9 Å². The van der Waals surface area contributed by atoms with E-state index in [-0.39, 0.29) is 22.5 Å². The summed E-state index contributed by atoms with van der Waals surface area (Å²) in [6.07, 6.45) is 1.54. The second kappa shape index (κ2) is 6.41. The third-order valence-corrected chi connectivity index (χ3v) is 4.77. The number of hydrogen-bond donors (Lipinski definition) is 1. The van der Waals surface area contributed by atoms with Crippen molar-refractivity contribution in [3.63, 3.8) is 0 Å². The van der Waals surface area contributed by atoms with Crippen LogP contribution < -0.4 is 11.2 Å². The number of H-pyrrole nitrogens is 1. The predicted molar refractivity (Wildman–Crippen MR) is 85.3 cm³/mol. The van der Waals surface area contributed by atoms with Gasteiger partial charge in [-0.1, -0.05) is 41.9 Å². The van der Waals surface area contributed by atoms with Crippen molar-refractivity contribution in [1.82, 2.24) is 9.55 Å². The fourth-order valence-electron chi connectivity index (χ4n) is 1.93. The van der Waals surface area contributed by atoms with Crippen LogP contribution in [0, 0.1) is 0 Å². The minimum absolute atomic E-state index is 0.0118. The lowest BCUT2D eigenvalue weighted by Crippen LogP contribution is -2.39. The molecule has 5 nitrogen and oxygen atoms in total. The van der Waals surface area contributed by atoms with Crippen molar-refractivity contribution in [2.75, 3.05) is 6.26 Å². The van der Waals surface area contributed by atoms with Crippen molar-refractivity contribution < 1.29 is 4.21 Å². The van der Waals surface area contributed by atoms with E-state index in [0.29, 0.717) is 5.56 Å². The van der Waals surface area contributed by atoms with Gasteiger partial charge in [0.15, 0.2) is 0 Å². The molecule has 21 heavy (non-hydrogen) atoms. The Hall–Kier alpha value is -1.66. The molecular formula is C14H15ClN2O3S. The number of nitrogens with one attached hydrogen (secondary N) is 1. The molecule has 0 aliphatic heterocycles. The molecule has 1 N–H and O–H groups in total. The summed E-state index contributed by atoms with van der Waals surface area (Å²) >= 11 is 6.01. The Balaban J connectivity index is 2.62. The molecular weight excluding hydrogens is 312 g/mol. The summed E-state index contributed by atoms with van der Waals surface area (Å²) in [6.45, 7) is 1.80. The summed E-state index contributed by atoms with van der Waals surface area (Å²) in [7, 11) is -1.13. The highest BCUT2D eigenvalue weighted by atomic mass is 35.5. The van der Waals surface area contributed by atoms with Crippen LogP contribution in [-0.4, -0.2) is 25.3 Å². The first-order valence-electron chi connectivity index (χ1n) is 6.32.